The Balaban J connectivity index is 3.92. The highest BCUT2D eigenvalue weighted by Crippen LogP contribution is 2.18. The van der Waals surface area contributed by atoms with Crippen LogP contribution in [0.3, 0.4) is 0 Å². The normalized spacial score (nSPS) is 15.5. The Morgan fingerprint density at radius 2 is 1.74 bits per heavy atom. The fraction of sp³-hybridized carbons (Fsp3) is 0.933. The first-order chi connectivity index (χ1) is 8.57. The smallest absolute Gasteiger partial charge is 0.323 e. The number of hydrogen-bond acceptors (Lipinski definition) is 3. The number of carboxylic acid groups (broad SMARTS) is 1. The maximum atomic E-state index is 11.3. The van der Waals surface area contributed by atoms with E-state index >= 15 is 0 Å². The van der Waals surface area contributed by atoms with E-state index in [-0.39, 0.29) is 11.5 Å². The van der Waals surface area contributed by atoms with Gasteiger partial charge in [-0.05, 0) is 45.4 Å². The molecule has 0 spiro atoms. The van der Waals surface area contributed by atoms with Crippen LogP contribution in [0.15, 0.2) is 0 Å². The zero-order chi connectivity index (χ0) is 15.1. The molecule has 0 heterocycles. The number of ether oxygens (including phenoxy) is 1. The molecule has 0 aliphatic carbocycles. The van der Waals surface area contributed by atoms with Crippen molar-refractivity contribution in [2.75, 3.05) is 13.2 Å². The van der Waals surface area contributed by atoms with Crippen LogP contribution in [0.1, 0.15) is 60.8 Å². The maximum absolute atomic E-state index is 11.3. The van der Waals surface area contributed by atoms with Gasteiger partial charge in [0.05, 0.1) is 0 Å². The molecule has 0 saturated carbocycles. The van der Waals surface area contributed by atoms with Crippen LogP contribution in [0.5, 0.6) is 0 Å². The van der Waals surface area contributed by atoms with Crippen molar-refractivity contribution in [3.8, 4) is 0 Å². The quantitative estimate of drug-likeness (QED) is 0.634. The summed E-state index contributed by atoms with van der Waals surface area (Å²) in [6.45, 7) is 13.6. The summed E-state index contributed by atoms with van der Waals surface area (Å²) in [5.74, 6) is -0.795. The molecule has 4 nitrogen and oxygen atoms in total. The molecule has 0 aliphatic heterocycles. The van der Waals surface area contributed by atoms with Crippen molar-refractivity contribution >= 4 is 5.97 Å². The highest BCUT2D eigenvalue weighted by molar-refractivity contribution is 5.78. The summed E-state index contributed by atoms with van der Waals surface area (Å²) in [6, 6.07) is 0.155. The lowest BCUT2D eigenvalue weighted by molar-refractivity contribution is -0.144. The van der Waals surface area contributed by atoms with Gasteiger partial charge in [0, 0.05) is 19.3 Å². The number of rotatable bonds is 9. The lowest BCUT2D eigenvalue weighted by Gasteiger charge is -2.28. The lowest BCUT2D eigenvalue weighted by Crippen LogP contribution is -2.52. The molecule has 4 heteroatoms. The Bertz CT molecular complexity index is 271. The van der Waals surface area contributed by atoms with Gasteiger partial charge in [0.25, 0.3) is 0 Å². The van der Waals surface area contributed by atoms with E-state index in [9.17, 15) is 9.90 Å². The maximum Gasteiger partial charge on any atom is 0.323 e. The monoisotopic (exact) mass is 273 g/mol. The first-order valence-electron chi connectivity index (χ1n) is 7.16. The minimum atomic E-state index is -0.860. The molecular formula is C15H31NO3. The van der Waals surface area contributed by atoms with Gasteiger partial charge >= 0.3 is 5.97 Å². The number of hydrogen-bond donors (Lipinski definition) is 2. The van der Waals surface area contributed by atoms with Crippen LogP contribution in [-0.2, 0) is 9.53 Å². The van der Waals surface area contributed by atoms with E-state index < -0.39 is 11.5 Å². The van der Waals surface area contributed by atoms with Crippen molar-refractivity contribution in [3.05, 3.63) is 0 Å². The van der Waals surface area contributed by atoms with Crippen molar-refractivity contribution in [1.29, 1.82) is 0 Å². The highest BCUT2D eigenvalue weighted by atomic mass is 16.5. The molecule has 0 aliphatic rings. The summed E-state index contributed by atoms with van der Waals surface area (Å²) in [4.78, 5) is 11.3. The van der Waals surface area contributed by atoms with E-state index in [1.54, 1.807) is 6.92 Å². The summed E-state index contributed by atoms with van der Waals surface area (Å²) in [5, 5.41) is 12.4. The molecule has 2 N–H and O–H groups in total. The Labute approximate surface area is 117 Å². The van der Waals surface area contributed by atoms with Crippen LogP contribution < -0.4 is 5.32 Å². The van der Waals surface area contributed by atoms with E-state index in [0.717, 1.165) is 19.4 Å². The minimum Gasteiger partial charge on any atom is -0.480 e. The molecule has 0 fully saturated rings. The molecule has 0 aromatic rings. The molecule has 1 unspecified atom stereocenters. The molecule has 0 radical (unpaired) electrons. The summed E-state index contributed by atoms with van der Waals surface area (Å²) in [6.07, 6.45) is 2.36. The lowest BCUT2D eigenvalue weighted by atomic mass is 9.93. The van der Waals surface area contributed by atoms with Crippen molar-refractivity contribution in [2.24, 2.45) is 5.41 Å². The second-order valence-electron chi connectivity index (χ2n) is 6.96. The van der Waals surface area contributed by atoms with E-state index in [1.165, 1.54) is 0 Å². The topological polar surface area (TPSA) is 58.6 Å². The molecular weight excluding hydrogens is 242 g/mol. The highest BCUT2D eigenvalue weighted by Gasteiger charge is 2.32. The van der Waals surface area contributed by atoms with Gasteiger partial charge in [-0.3, -0.25) is 10.1 Å². The first-order valence-corrected chi connectivity index (χ1v) is 7.16. The van der Waals surface area contributed by atoms with Gasteiger partial charge in [-0.1, -0.05) is 20.8 Å². The van der Waals surface area contributed by atoms with E-state index in [4.69, 9.17) is 4.74 Å². The van der Waals surface area contributed by atoms with E-state index in [2.05, 4.69) is 26.1 Å². The van der Waals surface area contributed by atoms with Gasteiger partial charge < -0.3 is 9.84 Å². The predicted octanol–water partition coefficient (Wildman–Crippen LogP) is 3.06. The van der Waals surface area contributed by atoms with Gasteiger partial charge in [-0.2, -0.15) is 0 Å². The summed E-state index contributed by atoms with van der Waals surface area (Å²) < 4.78 is 5.57. The molecule has 19 heavy (non-hydrogen) atoms. The Morgan fingerprint density at radius 1 is 1.16 bits per heavy atom. The van der Waals surface area contributed by atoms with Crippen LogP contribution in [0, 0.1) is 5.41 Å². The zero-order valence-electron chi connectivity index (χ0n) is 13.4. The average molecular weight is 273 g/mol. The van der Waals surface area contributed by atoms with Crippen molar-refractivity contribution in [3.63, 3.8) is 0 Å². The molecule has 0 saturated heterocycles. The van der Waals surface area contributed by atoms with Gasteiger partial charge in [0.2, 0.25) is 0 Å². The van der Waals surface area contributed by atoms with Crippen LogP contribution in [0.4, 0.5) is 0 Å². The van der Waals surface area contributed by atoms with Gasteiger partial charge in [-0.15, -0.1) is 0 Å². The molecule has 1 atom stereocenters. The average Bonchev–Trinajstić information content (AvgIpc) is 2.20. The number of aliphatic carboxylic acids is 1. The molecule has 114 valence electrons. The summed E-state index contributed by atoms with van der Waals surface area (Å²) in [5.41, 5.74) is -0.573. The Kier molecular flexibility index (Phi) is 7.60. The first kappa shape index (κ1) is 18.4. The predicted molar refractivity (Wildman–Crippen MR) is 78.4 cm³/mol. The van der Waals surface area contributed by atoms with Crippen molar-refractivity contribution in [1.82, 2.24) is 5.32 Å². The Hall–Kier alpha value is -0.610. The molecule has 0 rings (SSSR count). The fourth-order valence-corrected chi connectivity index (χ4v) is 1.89. The second-order valence-corrected chi connectivity index (χ2v) is 6.96. The summed E-state index contributed by atoms with van der Waals surface area (Å²) >= 11 is 0. The molecule has 0 amide bonds. The minimum absolute atomic E-state index is 0.155. The van der Waals surface area contributed by atoms with Gasteiger partial charge in [-0.25, -0.2) is 0 Å². The Morgan fingerprint density at radius 3 is 2.16 bits per heavy atom. The molecule has 0 aromatic carbocycles. The van der Waals surface area contributed by atoms with Crippen LogP contribution in [-0.4, -0.2) is 35.9 Å². The zero-order valence-corrected chi connectivity index (χ0v) is 13.4. The van der Waals surface area contributed by atoms with Crippen LogP contribution in [0.25, 0.3) is 0 Å². The number of carboxylic acids is 1. The van der Waals surface area contributed by atoms with E-state index in [0.29, 0.717) is 13.0 Å². The van der Waals surface area contributed by atoms with Gasteiger partial charge in [0.1, 0.15) is 5.54 Å². The fourth-order valence-electron chi connectivity index (χ4n) is 1.89. The number of nitrogens with one attached hydrogen (secondary N) is 1. The third-order valence-electron chi connectivity index (χ3n) is 3.04. The second kappa shape index (κ2) is 7.85. The standard InChI is InChI=1S/C15H31NO3/c1-12(2)16-15(6,13(17)18)8-7-10-19-11-9-14(3,4)5/h12,16H,7-11H2,1-6H3,(H,17,18). The van der Waals surface area contributed by atoms with E-state index in [1.807, 2.05) is 13.8 Å². The van der Waals surface area contributed by atoms with Crippen LogP contribution in [0.2, 0.25) is 0 Å². The third kappa shape index (κ3) is 9.00. The van der Waals surface area contributed by atoms with Crippen molar-refractivity contribution in [2.45, 2.75) is 72.4 Å². The van der Waals surface area contributed by atoms with Crippen LogP contribution >= 0.6 is 0 Å². The largest absolute Gasteiger partial charge is 0.480 e. The summed E-state index contributed by atoms with van der Waals surface area (Å²) in [7, 11) is 0. The third-order valence-corrected chi connectivity index (χ3v) is 3.04. The van der Waals surface area contributed by atoms with Gasteiger partial charge in [0.15, 0.2) is 0 Å². The molecule has 0 aromatic heterocycles. The SMILES string of the molecule is CC(C)NC(C)(CCCOCCC(C)(C)C)C(=O)O. The molecule has 0 bridgehead atoms. The number of carbonyl (C=O) groups is 1. The van der Waals surface area contributed by atoms with Crippen molar-refractivity contribution < 1.29 is 14.6 Å².